The number of para-hydroxylation sites is 1. The first-order valence-corrected chi connectivity index (χ1v) is 11.6. The van der Waals surface area contributed by atoms with Gasteiger partial charge >= 0.3 is 0 Å². The zero-order chi connectivity index (χ0) is 23.6. The number of rotatable bonds is 6. The summed E-state index contributed by atoms with van der Waals surface area (Å²) in [5.41, 5.74) is 6.51. The number of aromatic nitrogens is 1. The maximum Gasteiger partial charge on any atom is 0.277 e. The van der Waals surface area contributed by atoms with E-state index in [-0.39, 0.29) is 18.1 Å². The molecule has 0 radical (unpaired) electrons. The van der Waals surface area contributed by atoms with E-state index in [4.69, 9.17) is 16.3 Å². The van der Waals surface area contributed by atoms with Gasteiger partial charge in [-0.15, -0.1) is 0 Å². The van der Waals surface area contributed by atoms with Gasteiger partial charge in [0.1, 0.15) is 11.3 Å². The molecule has 3 aromatic rings. The number of fused-ring (bicyclic) bond motifs is 2. The van der Waals surface area contributed by atoms with Crippen LogP contribution in [0.2, 0.25) is 5.02 Å². The van der Waals surface area contributed by atoms with Crippen molar-refractivity contribution in [2.24, 2.45) is 5.10 Å². The highest BCUT2D eigenvalue weighted by Gasteiger charge is 2.35. The van der Waals surface area contributed by atoms with Gasteiger partial charge in [0.05, 0.1) is 11.2 Å². The SMILES string of the molecule is CCN1c2cc(Cl)c(/C=N\NC(=O)COc3cccc4cccnc34)cc2C(C)CC1(C)C. The third kappa shape index (κ3) is 4.81. The van der Waals surface area contributed by atoms with Gasteiger partial charge in [-0.3, -0.25) is 9.78 Å². The molecule has 6 nitrogen and oxygen atoms in total. The molecule has 0 saturated heterocycles. The second-order valence-corrected chi connectivity index (χ2v) is 9.41. The summed E-state index contributed by atoms with van der Waals surface area (Å²) in [5, 5.41) is 5.66. The smallest absolute Gasteiger partial charge is 0.277 e. The van der Waals surface area contributed by atoms with Crippen molar-refractivity contribution in [1.82, 2.24) is 10.4 Å². The lowest BCUT2D eigenvalue weighted by atomic mass is 9.79. The van der Waals surface area contributed by atoms with E-state index in [0.29, 0.717) is 16.7 Å². The van der Waals surface area contributed by atoms with Crippen molar-refractivity contribution in [3.05, 3.63) is 64.8 Å². The predicted octanol–water partition coefficient (Wildman–Crippen LogP) is 5.53. The lowest BCUT2D eigenvalue weighted by Gasteiger charge is -2.47. The molecule has 1 aliphatic heterocycles. The summed E-state index contributed by atoms with van der Waals surface area (Å²) in [7, 11) is 0. The van der Waals surface area contributed by atoms with Crippen LogP contribution < -0.4 is 15.1 Å². The summed E-state index contributed by atoms with van der Waals surface area (Å²) < 4.78 is 5.66. The first kappa shape index (κ1) is 23.1. The second kappa shape index (κ2) is 9.40. The van der Waals surface area contributed by atoms with E-state index in [1.165, 1.54) is 11.3 Å². The number of ether oxygens (including phenoxy) is 1. The summed E-state index contributed by atoms with van der Waals surface area (Å²) in [6.07, 6.45) is 4.34. The van der Waals surface area contributed by atoms with Crippen molar-refractivity contribution in [3.8, 4) is 5.75 Å². The monoisotopic (exact) mass is 464 g/mol. The molecule has 0 fully saturated rings. The Morgan fingerprint density at radius 1 is 1.33 bits per heavy atom. The predicted molar refractivity (Wildman–Crippen MR) is 135 cm³/mol. The number of amides is 1. The van der Waals surface area contributed by atoms with E-state index in [1.54, 1.807) is 18.5 Å². The lowest BCUT2D eigenvalue weighted by Crippen LogP contribution is -2.48. The van der Waals surface area contributed by atoms with Crippen LogP contribution in [0.25, 0.3) is 10.9 Å². The van der Waals surface area contributed by atoms with Crippen LogP contribution in [-0.4, -0.2) is 35.8 Å². The van der Waals surface area contributed by atoms with Crippen LogP contribution in [-0.2, 0) is 4.79 Å². The van der Waals surface area contributed by atoms with Gasteiger partial charge in [0.15, 0.2) is 6.61 Å². The number of carbonyl (C=O) groups is 1. The number of anilines is 1. The molecule has 1 atom stereocenters. The van der Waals surface area contributed by atoms with Crippen LogP contribution >= 0.6 is 11.6 Å². The highest BCUT2D eigenvalue weighted by Crippen LogP contribution is 2.44. The summed E-state index contributed by atoms with van der Waals surface area (Å²) in [6, 6.07) is 13.5. The van der Waals surface area contributed by atoms with Crippen LogP contribution in [0.1, 0.15) is 51.2 Å². The average molecular weight is 465 g/mol. The van der Waals surface area contributed by atoms with Gasteiger partial charge in [0.25, 0.3) is 5.91 Å². The number of halogens is 1. The molecule has 4 rings (SSSR count). The molecule has 0 spiro atoms. The largest absolute Gasteiger partial charge is 0.481 e. The van der Waals surface area contributed by atoms with E-state index < -0.39 is 0 Å². The fourth-order valence-electron chi connectivity index (χ4n) is 4.76. The molecule has 2 heterocycles. The Kier molecular flexibility index (Phi) is 6.56. The van der Waals surface area contributed by atoms with Crippen molar-refractivity contribution in [2.45, 2.75) is 45.6 Å². The Hall–Kier alpha value is -3.12. The van der Waals surface area contributed by atoms with Crippen LogP contribution in [0.15, 0.2) is 53.8 Å². The highest BCUT2D eigenvalue weighted by atomic mass is 35.5. The van der Waals surface area contributed by atoms with Crippen LogP contribution in [0.5, 0.6) is 5.75 Å². The van der Waals surface area contributed by atoms with Gasteiger partial charge in [-0.25, -0.2) is 5.43 Å². The topological polar surface area (TPSA) is 66.8 Å². The fraction of sp³-hybridized carbons (Fsp3) is 0.346. The quantitative estimate of drug-likeness (QED) is 0.384. The number of benzene rings is 2. The van der Waals surface area contributed by atoms with E-state index in [2.05, 4.69) is 54.2 Å². The Morgan fingerprint density at radius 3 is 2.91 bits per heavy atom. The van der Waals surface area contributed by atoms with Gasteiger partial charge in [-0.2, -0.15) is 5.10 Å². The first-order chi connectivity index (χ1) is 15.8. The van der Waals surface area contributed by atoms with Gasteiger partial charge in [0, 0.05) is 34.9 Å². The molecule has 0 aliphatic carbocycles. The molecule has 0 saturated carbocycles. The van der Waals surface area contributed by atoms with Gasteiger partial charge < -0.3 is 9.64 Å². The minimum atomic E-state index is -0.361. The Bertz CT molecular complexity index is 1200. The number of hydrogen-bond acceptors (Lipinski definition) is 5. The standard InChI is InChI=1S/C26H29ClN4O2/c1-5-31-22-13-21(27)19(12-20(22)17(2)14-26(31,3)4)15-29-30-24(32)16-33-23-10-6-8-18-9-7-11-28-25(18)23/h6-13,15,17H,5,14,16H2,1-4H3,(H,30,32)/b29-15-. The molecule has 172 valence electrons. The molecule has 1 amide bonds. The molecular formula is C26H29ClN4O2. The van der Waals surface area contributed by atoms with Gasteiger partial charge in [0.2, 0.25) is 0 Å². The maximum absolute atomic E-state index is 12.3. The maximum atomic E-state index is 12.3. The highest BCUT2D eigenvalue weighted by molar-refractivity contribution is 6.33. The Balaban J connectivity index is 1.43. The normalized spacial score (nSPS) is 17.2. The molecule has 1 unspecified atom stereocenters. The van der Waals surface area contributed by atoms with Gasteiger partial charge in [-0.05, 0) is 62.9 Å². The zero-order valence-corrected chi connectivity index (χ0v) is 20.2. The summed E-state index contributed by atoms with van der Waals surface area (Å²) >= 11 is 6.57. The molecule has 0 bridgehead atoms. The summed E-state index contributed by atoms with van der Waals surface area (Å²) in [6.45, 7) is 9.69. The average Bonchev–Trinajstić information content (AvgIpc) is 2.78. The van der Waals surface area contributed by atoms with Crippen LogP contribution in [0.4, 0.5) is 5.69 Å². The first-order valence-electron chi connectivity index (χ1n) is 11.2. The lowest BCUT2D eigenvalue weighted by molar-refractivity contribution is -0.123. The fourth-order valence-corrected chi connectivity index (χ4v) is 4.97. The van der Waals surface area contributed by atoms with Gasteiger partial charge in [-0.1, -0.05) is 36.7 Å². The molecule has 1 aromatic heterocycles. The number of hydrazone groups is 1. The number of hydrogen-bond donors (Lipinski definition) is 1. The van der Waals surface area contributed by atoms with Crippen LogP contribution in [0, 0.1) is 0 Å². The summed E-state index contributed by atoms with van der Waals surface area (Å²) in [5.74, 6) is 0.599. The Morgan fingerprint density at radius 2 is 2.12 bits per heavy atom. The molecule has 1 aliphatic rings. The molecule has 33 heavy (non-hydrogen) atoms. The van der Waals surface area contributed by atoms with Crippen molar-refractivity contribution < 1.29 is 9.53 Å². The minimum absolute atomic E-state index is 0.0771. The van der Waals surface area contributed by atoms with Crippen molar-refractivity contribution in [1.29, 1.82) is 0 Å². The van der Waals surface area contributed by atoms with E-state index in [0.717, 1.165) is 29.4 Å². The second-order valence-electron chi connectivity index (χ2n) is 9.01. The molecule has 7 heteroatoms. The molecular weight excluding hydrogens is 436 g/mol. The van der Waals surface area contributed by atoms with E-state index in [1.807, 2.05) is 30.3 Å². The Labute approximate surface area is 199 Å². The van der Waals surface area contributed by atoms with Crippen molar-refractivity contribution >= 4 is 40.3 Å². The number of pyridine rings is 1. The third-order valence-corrected chi connectivity index (χ3v) is 6.50. The molecule has 1 N–H and O–H groups in total. The summed E-state index contributed by atoms with van der Waals surface area (Å²) in [4.78, 5) is 19.0. The number of nitrogens with zero attached hydrogens (tertiary/aromatic N) is 3. The van der Waals surface area contributed by atoms with E-state index >= 15 is 0 Å². The minimum Gasteiger partial charge on any atom is -0.481 e. The zero-order valence-electron chi connectivity index (χ0n) is 19.4. The van der Waals surface area contributed by atoms with Crippen molar-refractivity contribution in [2.75, 3.05) is 18.1 Å². The van der Waals surface area contributed by atoms with E-state index in [9.17, 15) is 4.79 Å². The molecule has 2 aromatic carbocycles. The number of nitrogens with one attached hydrogen (secondary N) is 1. The van der Waals surface area contributed by atoms with Crippen molar-refractivity contribution in [3.63, 3.8) is 0 Å². The third-order valence-electron chi connectivity index (χ3n) is 6.17. The number of carbonyl (C=O) groups excluding carboxylic acids is 1. The van der Waals surface area contributed by atoms with Crippen LogP contribution in [0.3, 0.4) is 0 Å².